The fraction of sp³-hybridized carbons (Fsp3) is 0.200. The van der Waals surface area contributed by atoms with Crippen LogP contribution in [0, 0.1) is 6.92 Å². The lowest BCUT2D eigenvalue weighted by Gasteiger charge is -2.15. The number of hydrogen-bond donors (Lipinski definition) is 1. The van der Waals surface area contributed by atoms with E-state index in [1.54, 1.807) is 24.3 Å². The number of nitrogens with one attached hydrogen (secondary N) is 1. The molecule has 0 heterocycles. The molecule has 106 valence electrons. The molecule has 0 saturated heterocycles. The van der Waals surface area contributed by atoms with Crippen LogP contribution in [0.15, 0.2) is 57.9 Å². The minimum absolute atomic E-state index is 0.264. The molecule has 0 aliphatic rings. The first-order valence-corrected chi connectivity index (χ1v) is 8.50. The fourth-order valence-electron chi connectivity index (χ4n) is 1.84. The van der Waals surface area contributed by atoms with Crippen LogP contribution in [0.3, 0.4) is 0 Å². The van der Waals surface area contributed by atoms with Crippen molar-refractivity contribution in [1.82, 2.24) is 4.72 Å². The van der Waals surface area contributed by atoms with E-state index in [0.29, 0.717) is 0 Å². The van der Waals surface area contributed by atoms with Gasteiger partial charge in [0.2, 0.25) is 10.0 Å². The topological polar surface area (TPSA) is 46.2 Å². The highest BCUT2D eigenvalue weighted by Crippen LogP contribution is 2.19. The van der Waals surface area contributed by atoms with Crippen LogP contribution in [0.1, 0.15) is 24.1 Å². The van der Waals surface area contributed by atoms with Crippen molar-refractivity contribution in [3.05, 3.63) is 64.1 Å². The van der Waals surface area contributed by atoms with Gasteiger partial charge in [0.15, 0.2) is 0 Å². The average molecular weight is 354 g/mol. The van der Waals surface area contributed by atoms with E-state index in [4.69, 9.17) is 0 Å². The van der Waals surface area contributed by atoms with Gasteiger partial charge in [0.25, 0.3) is 0 Å². The van der Waals surface area contributed by atoms with Crippen molar-refractivity contribution >= 4 is 26.0 Å². The molecule has 0 aliphatic heterocycles. The summed E-state index contributed by atoms with van der Waals surface area (Å²) >= 11 is 3.29. The number of rotatable bonds is 4. The van der Waals surface area contributed by atoms with Crippen LogP contribution < -0.4 is 4.72 Å². The van der Waals surface area contributed by atoms with E-state index in [0.717, 1.165) is 15.6 Å². The minimum atomic E-state index is -3.51. The number of benzene rings is 2. The second-order valence-corrected chi connectivity index (χ2v) is 7.34. The summed E-state index contributed by atoms with van der Waals surface area (Å²) in [6.45, 7) is 3.83. The molecule has 0 radical (unpaired) electrons. The largest absolute Gasteiger partial charge is 0.241 e. The van der Waals surface area contributed by atoms with Crippen molar-refractivity contribution in [2.75, 3.05) is 0 Å². The van der Waals surface area contributed by atoms with Gasteiger partial charge in [-0.1, -0.05) is 45.8 Å². The van der Waals surface area contributed by atoms with Crippen molar-refractivity contribution in [3.63, 3.8) is 0 Å². The molecule has 0 unspecified atom stereocenters. The molecule has 0 spiro atoms. The molecule has 0 aromatic heterocycles. The quantitative estimate of drug-likeness (QED) is 0.908. The lowest BCUT2D eigenvalue weighted by molar-refractivity contribution is 0.567. The summed E-state index contributed by atoms with van der Waals surface area (Å²) in [7, 11) is -3.51. The summed E-state index contributed by atoms with van der Waals surface area (Å²) in [5.74, 6) is 0. The predicted octanol–water partition coefficient (Wildman–Crippen LogP) is 3.80. The fourth-order valence-corrected chi connectivity index (χ4v) is 3.33. The van der Waals surface area contributed by atoms with Crippen LogP contribution in [0.5, 0.6) is 0 Å². The molecule has 0 fully saturated rings. The monoisotopic (exact) mass is 353 g/mol. The zero-order valence-electron chi connectivity index (χ0n) is 11.3. The zero-order valence-corrected chi connectivity index (χ0v) is 13.7. The Balaban J connectivity index is 2.19. The number of aryl methyl sites for hydroxylation is 1. The summed E-state index contributed by atoms with van der Waals surface area (Å²) in [4.78, 5) is 0.264. The van der Waals surface area contributed by atoms with E-state index in [9.17, 15) is 8.42 Å². The van der Waals surface area contributed by atoms with Crippen molar-refractivity contribution in [2.24, 2.45) is 0 Å². The molecule has 5 heteroatoms. The zero-order chi connectivity index (χ0) is 14.8. The Labute approximate surface area is 128 Å². The normalized spacial score (nSPS) is 13.2. The molecule has 1 atom stereocenters. The SMILES string of the molecule is Cc1ccc([C@@H](C)NS(=O)(=O)c2ccc(Br)cc2)cc1. The third kappa shape index (κ3) is 3.69. The Morgan fingerprint density at radius 1 is 1.00 bits per heavy atom. The van der Waals surface area contributed by atoms with E-state index in [2.05, 4.69) is 20.7 Å². The van der Waals surface area contributed by atoms with Gasteiger partial charge in [-0.05, 0) is 43.7 Å². The third-order valence-electron chi connectivity index (χ3n) is 3.03. The lowest BCUT2D eigenvalue weighted by atomic mass is 10.1. The molecule has 2 aromatic carbocycles. The first kappa shape index (κ1) is 15.2. The first-order valence-electron chi connectivity index (χ1n) is 6.23. The molecule has 2 rings (SSSR count). The maximum atomic E-state index is 12.3. The van der Waals surface area contributed by atoms with Gasteiger partial charge in [0.1, 0.15) is 0 Å². The Kier molecular flexibility index (Phi) is 4.62. The van der Waals surface area contributed by atoms with Crippen molar-refractivity contribution in [1.29, 1.82) is 0 Å². The number of hydrogen-bond acceptors (Lipinski definition) is 2. The Bertz CT molecular complexity index is 679. The molecule has 0 amide bonds. The maximum absolute atomic E-state index is 12.3. The second-order valence-electron chi connectivity index (χ2n) is 4.71. The van der Waals surface area contributed by atoms with E-state index < -0.39 is 10.0 Å². The predicted molar refractivity (Wildman–Crippen MR) is 84.1 cm³/mol. The summed E-state index contributed by atoms with van der Waals surface area (Å²) in [5, 5.41) is 0. The van der Waals surface area contributed by atoms with Crippen LogP contribution in [0.25, 0.3) is 0 Å². The van der Waals surface area contributed by atoms with Crippen molar-refractivity contribution < 1.29 is 8.42 Å². The van der Waals surface area contributed by atoms with Gasteiger partial charge in [-0.2, -0.15) is 0 Å². The van der Waals surface area contributed by atoms with Gasteiger partial charge in [-0.15, -0.1) is 0 Å². The van der Waals surface area contributed by atoms with E-state index in [1.165, 1.54) is 0 Å². The highest BCUT2D eigenvalue weighted by Gasteiger charge is 2.18. The van der Waals surface area contributed by atoms with E-state index in [-0.39, 0.29) is 10.9 Å². The third-order valence-corrected chi connectivity index (χ3v) is 5.12. The standard InChI is InChI=1S/C15H16BrNO2S/c1-11-3-5-13(6-4-11)12(2)17-20(18,19)15-9-7-14(16)8-10-15/h3-10,12,17H,1-2H3/t12-/m1/s1. The number of halogens is 1. The molecular weight excluding hydrogens is 338 g/mol. The van der Waals surface area contributed by atoms with E-state index in [1.807, 2.05) is 38.1 Å². The van der Waals surface area contributed by atoms with E-state index >= 15 is 0 Å². The van der Waals surface area contributed by atoms with Crippen molar-refractivity contribution in [3.8, 4) is 0 Å². The van der Waals surface area contributed by atoms with Crippen LogP contribution in [0.4, 0.5) is 0 Å². The molecule has 1 N–H and O–H groups in total. The Morgan fingerprint density at radius 2 is 1.55 bits per heavy atom. The summed E-state index contributed by atoms with van der Waals surface area (Å²) in [5.41, 5.74) is 2.09. The smallest absolute Gasteiger partial charge is 0.207 e. The highest BCUT2D eigenvalue weighted by atomic mass is 79.9. The van der Waals surface area contributed by atoms with Gasteiger partial charge >= 0.3 is 0 Å². The highest BCUT2D eigenvalue weighted by molar-refractivity contribution is 9.10. The average Bonchev–Trinajstić information content (AvgIpc) is 2.39. The molecule has 20 heavy (non-hydrogen) atoms. The van der Waals surface area contributed by atoms with Gasteiger partial charge < -0.3 is 0 Å². The van der Waals surface area contributed by atoms with Gasteiger partial charge in [-0.3, -0.25) is 0 Å². The maximum Gasteiger partial charge on any atom is 0.241 e. The Hall–Kier alpha value is -1.17. The van der Waals surface area contributed by atoms with Crippen molar-refractivity contribution in [2.45, 2.75) is 24.8 Å². The molecule has 2 aromatic rings. The van der Waals surface area contributed by atoms with Crippen LogP contribution in [0.2, 0.25) is 0 Å². The lowest BCUT2D eigenvalue weighted by Crippen LogP contribution is -2.26. The minimum Gasteiger partial charge on any atom is -0.207 e. The van der Waals surface area contributed by atoms with Crippen LogP contribution in [-0.2, 0) is 10.0 Å². The molecule has 0 bridgehead atoms. The summed E-state index contributed by atoms with van der Waals surface area (Å²) in [6, 6.07) is 14.1. The summed E-state index contributed by atoms with van der Waals surface area (Å²) in [6.07, 6.45) is 0. The van der Waals surface area contributed by atoms with Gasteiger partial charge in [-0.25, -0.2) is 13.1 Å². The van der Waals surface area contributed by atoms with Crippen LogP contribution in [-0.4, -0.2) is 8.42 Å². The molecule has 3 nitrogen and oxygen atoms in total. The number of sulfonamides is 1. The van der Waals surface area contributed by atoms with Crippen LogP contribution >= 0.6 is 15.9 Å². The van der Waals surface area contributed by atoms with Gasteiger partial charge in [0.05, 0.1) is 4.90 Å². The molecule has 0 aliphatic carbocycles. The first-order chi connectivity index (χ1) is 9.38. The second kappa shape index (κ2) is 6.08. The summed E-state index contributed by atoms with van der Waals surface area (Å²) < 4.78 is 28.1. The molecular formula is C15H16BrNO2S. The molecule has 0 saturated carbocycles. The van der Waals surface area contributed by atoms with Gasteiger partial charge in [0, 0.05) is 10.5 Å². The Morgan fingerprint density at radius 3 is 2.10 bits per heavy atom.